The zero-order chi connectivity index (χ0) is 18.9. The predicted molar refractivity (Wildman–Crippen MR) is 104 cm³/mol. The van der Waals surface area contributed by atoms with Crippen molar-refractivity contribution in [3.8, 4) is 5.69 Å². The molecule has 1 aromatic heterocycles. The van der Waals surface area contributed by atoms with Gasteiger partial charge in [0.25, 0.3) is 0 Å². The number of hydrogen-bond donors (Lipinski definition) is 2. The molecule has 140 valence electrons. The number of halogens is 1. The molecule has 0 unspecified atom stereocenters. The lowest BCUT2D eigenvalue weighted by atomic mass is 10.1. The van der Waals surface area contributed by atoms with Crippen LogP contribution in [0.3, 0.4) is 0 Å². The summed E-state index contributed by atoms with van der Waals surface area (Å²) < 4.78 is 15.6. The van der Waals surface area contributed by atoms with Crippen LogP contribution in [0, 0.1) is 5.82 Å². The first-order valence-electron chi connectivity index (χ1n) is 8.98. The molecule has 6 nitrogen and oxygen atoms in total. The second-order valence-electron chi connectivity index (χ2n) is 5.92. The molecular weight excluding hydrogens is 343 g/mol. The van der Waals surface area contributed by atoms with Crippen LogP contribution in [0.25, 0.3) is 5.69 Å². The van der Waals surface area contributed by atoms with Crippen LogP contribution in [-0.2, 0) is 13.0 Å². The van der Waals surface area contributed by atoms with Crippen LogP contribution in [-0.4, -0.2) is 33.8 Å². The number of aromatic nitrogens is 3. The van der Waals surface area contributed by atoms with E-state index in [1.165, 1.54) is 6.07 Å². The van der Waals surface area contributed by atoms with Crippen LogP contribution in [0.4, 0.5) is 4.39 Å². The van der Waals surface area contributed by atoms with Gasteiger partial charge in [0.05, 0.1) is 0 Å². The molecule has 7 heteroatoms. The van der Waals surface area contributed by atoms with Gasteiger partial charge in [-0.3, -0.25) is 4.57 Å². The van der Waals surface area contributed by atoms with E-state index in [9.17, 15) is 4.39 Å². The number of nitrogens with one attached hydrogen (secondary N) is 2. The first kappa shape index (κ1) is 18.6. The standard InChI is InChI=1S/C20H23FN6/c1-2-22-20(23-13-12-16-8-6-7-11-18(16)21)24-14-19-26-25-15-27(19)17-9-4-3-5-10-17/h3-11,15H,2,12-14H2,1H3,(H2,22,23,24). The van der Waals surface area contributed by atoms with Crippen LogP contribution >= 0.6 is 0 Å². The summed E-state index contributed by atoms with van der Waals surface area (Å²) in [5.41, 5.74) is 1.68. The summed E-state index contributed by atoms with van der Waals surface area (Å²) in [6.45, 7) is 3.69. The van der Waals surface area contributed by atoms with Crippen LogP contribution < -0.4 is 10.6 Å². The molecule has 0 fully saturated rings. The minimum absolute atomic E-state index is 0.183. The quantitative estimate of drug-likeness (QED) is 0.498. The van der Waals surface area contributed by atoms with Crippen LogP contribution in [0.2, 0.25) is 0 Å². The van der Waals surface area contributed by atoms with Gasteiger partial charge in [-0.15, -0.1) is 10.2 Å². The Labute approximate surface area is 158 Å². The molecule has 0 amide bonds. The lowest BCUT2D eigenvalue weighted by Crippen LogP contribution is -2.38. The summed E-state index contributed by atoms with van der Waals surface area (Å²) in [5, 5.41) is 14.6. The van der Waals surface area contributed by atoms with Gasteiger partial charge in [0.1, 0.15) is 18.7 Å². The Kier molecular flexibility index (Phi) is 6.51. The minimum Gasteiger partial charge on any atom is -0.357 e. The third-order valence-corrected chi connectivity index (χ3v) is 4.02. The highest BCUT2D eigenvalue weighted by molar-refractivity contribution is 5.79. The minimum atomic E-state index is -0.183. The summed E-state index contributed by atoms with van der Waals surface area (Å²) in [6.07, 6.45) is 2.26. The Morgan fingerprint density at radius 2 is 1.85 bits per heavy atom. The molecule has 0 atom stereocenters. The molecule has 27 heavy (non-hydrogen) atoms. The molecule has 0 saturated heterocycles. The van der Waals surface area contributed by atoms with Crippen molar-refractivity contribution < 1.29 is 4.39 Å². The second kappa shape index (κ2) is 9.47. The van der Waals surface area contributed by atoms with Gasteiger partial charge in [-0.05, 0) is 37.1 Å². The number of aliphatic imine (C=N–C) groups is 1. The Hall–Kier alpha value is -3.22. The van der Waals surface area contributed by atoms with E-state index in [4.69, 9.17) is 0 Å². The summed E-state index contributed by atoms with van der Waals surface area (Å²) in [4.78, 5) is 4.57. The molecule has 0 spiro atoms. The highest BCUT2D eigenvalue weighted by Crippen LogP contribution is 2.09. The molecule has 0 aliphatic rings. The Morgan fingerprint density at radius 1 is 1.07 bits per heavy atom. The fourth-order valence-electron chi connectivity index (χ4n) is 2.68. The van der Waals surface area contributed by atoms with Crippen molar-refractivity contribution in [2.24, 2.45) is 4.99 Å². The second-order valence-corrected chi connectivity index (χ2v) is 5.92. The maximum absolute atomic E-state index is 13.7. The van der Waals surface area contributed by atoms with Gasteiger partial charge < -0.3 is 10.6 Å². The van der Waals surface area contributed by atoms with E-state index in [0.717, 1.165) is 18.1 Å². The van der Waals surface area contributed by atoms with Gasteiger partial charge in [0.2, 0.25) is 0 Å². The monoisotopic (exact) mass is 366 g/mol. The Morgan fingerprint density at radius 3 is 2.63 bits per heavy atom. The SMILES string of the molecule is CCNC(=NCc1nncn1-c1ccccc1)NCCc1ccccc1F. The molecule has 2 aromatic carbocycles. The van der Waals surface area contributed by atoms with Crippen LogP contribution in [0.1, 0.15) is 18.3 Å². The summed E-state index contributed by atoms with van der Waals surface area (Å²) in [6, 6.07) is 16.7. The van der Waals surface area contributed by atoms with Gasteiger partial charge in [0, 0.05) is 18.8 Å². The molecule has 0 aliphatic carbocycles. The predicted octanol–water partition coefficient (Wildman–Crippen LogP) is 2.70. The molecule has 0 radical (unpaired) electrons. The van der Waals surface area contributed by atoms with Gasteiger partial charge in [-0.25, -0.2) is 9.38 Å². The van der Waals surface area contributed by atoms with Crippen molar-refractivity contribution in [1.29, 1.82) is 0 Å². The van der Waals surface area contributed by atoms with Gasteiger partial charge in [-0.1, -0.05) is 36.4 Å². The van der Waals surface area contributed by atoms with Gasteiger partial charge in [0.15, 0.2) is 11.8 Å². The lowest BCUT2D eigenvalue weighted by Gasteiger charge is -2.12. The summed E-state index contributed by atoms with van der Waals surface area (Å²) in [5.74, 6) is 1.22. The van der Waals surface area contributed by atoms with E-state index in [1.54, 1.807) is 18.5 Å². The summed E-state index contributed by atoms with van der Waals surface area (Å²) in [7, 11) is 0. The van der Waals surface area contributed by atoms with E-state index in [1.807, 2.05) is 47.9 Å². The molecule has 0 aliphatic heterocycles. The fraction of sp³-hybridized carbons (Fsp3) is 0.250. The van der Waals surface area contributed by atoms with Crippen molar-refractivity contribution in [3.05, 3.63) is 78.1 Å². The smallest absolute Gasteiger partial charge is 0.191 e. The van der Waals surface area contributed by atoms with Crippen LogP contribution in [0.15, 0.2) is 65.9 Å². The molecule has 3 rings (SSSR count). The third kappa shape index (κ3) is 5.13. The highest BCUT2D eigenvalue weighted by atomic mass is 19.1. The van der Waals surface area contributed by atoms with E-state index in [0.29, 0.717) is 31.0 Å². The zero-order valence-corrected chi connectivity index (χ0v) is 15.3. The third-order valence-electron chi connectivity index (χ3n) is 4.02. The lowest BCUT2D eigenvalue weighted by molar-refractivity contribution is 0.606. The topological polar surface area (TPSA) is 67.1 Å². The van der Waals surface area contributed by atoms with Crippen LogP contribution in [0.5, 0.6) is 0 Å². The first-order valence-corrected chi connectivity index (χ1v) is 8.98. The van der Waals surface area contributed by atoms with E-state index < -0.39 is 0 Å². The van der Waals surface area contributed by atoms with E-state index in [-0.39, 0.29) is 5.82 Å². The maximum Gasteiger partial charge on any atom is 0.191 e. The zero-order valence-electron chi connectivity index (χ0n) is 15.3. The molecule has 3 aromatic rings. The average Bonchev–Trinajstić information content (AvgIpc) is 3.17. The molecule has 0 saturated carbocycles. The van der Waals surface area contributed by atoms with Gasteiger partial charge >= 0.3 is 0 Å². The Balaban J connectivity index is 1.63. The number of benzene rings is 2. The number of guanidine groups is 1. The average molecular weight is 366 g/mol. The normalized spacial score (nSPS) is 11.4. The van der Waals surface area contributed by atoms with E-state index in [2.05, 4.69) is 25.8 Å². The molecule has 2 N–H and O–H groups in total. The first-order chi connectivity index (χ1) is 13.3. The molecule has 1 heterocycles. The maximum atomic E-state index is 13.7. The van der Waals surface area contributed by atoms with Crippen molar-refractivity contribution in [2.45, 2.75) is 19.9 Å². The largest absolute Gasteiger partial charge is 0.357 e. The number of nitrogens with zero attached hydrogens (tertiary/aromatic N) is 4. The van der Waals surface area contributed by atoms with Crippen molar-refractivity contribution in [1.82, 2.24) is 25.4 Å². The fourth-order valence-corrected chi connectivity index (χ4v) is 2.68. The summed E-state index contributed by atoms with van der Waals surface area (Å²) >= 11 is 0. The van der Waals surface area contributed by atoms with Crippen molar-refractivity contribution in [2.75, 3.05) is 13.1 Å². The van der Waals surface area contributed by atoms with Gasteiger partial charge in [-0.2, -0.15) is 0 Å². The molecule has 0 bridgehead atoms. The number of para-hydroxylation sites is 1. The van der Waals surface area contributed by atoms with E-state index >= 15 is 0 Å². The molecular formula is C20H23FN6. The number of rotatable bonds is 7. The number of hydrogen-bond acceptors (Lipinski definition) is 3. The highest BCUT2D eigenvalue weighted by Gasteiger charge is 2.07. The van der Waals surface area contributed by atoms with Crippen molar-refractivity contribution >= 4 is 5.96 Å². The van der Waals surface area contributed by atoms with Crippen molar-refractivity contribution in [3.63, 3.8) is 0 Å². The Bertz CT molecular complexity index is 875.